The van der Waals surface area contributed by atoms with E-state index in [0.29, 0.717) is 0 Å². The molecule has 0 radical (unpaired) electrons. The minimum atomic E-state index is -2.70. The Bertz CT molecular complexity index is 450. The number of allylic oxidation sites excluding steroid dienone is 4. The predicted octanol–water partition coefficient (Wildman–Crippen LogP) is 4.38. The van der Waals surface area contributed by atoms with Crippen molar-refractivity contribution < 1.29 is 13.2 Å². The monoisotopic (exact) mass is 288 g/mol. The van der Waals surface area contributed by atoms with Crippen molar-refractivity contribution in [1.82, 2.24) is 0 Å². The number of benzene rings is 1. The second-order valence-electron chi connectivity index (χ2n) is 3.52. The van der Waals surface area contributed by atoms with E-state index in [2.05, 4.69) is 15.9 Å². The van der Waals surface area contributed by atoms with E-state index in [-0.39, 0.29) is 5.56 Å². The summed E-state index contributed by atoms with van der Waals surface area (Å²) in [6.07, 6.45) is 1.12. The van der Waals surface area contributed by atoms with Crippen molar-refractivity contribution >= 4 is 15.9 Å². The summed E-state index contributed by atoms with van der Waals surface area (Å²) in [6.45, 7) is 0. The standard InChI is InChI=1S/C12H8BrF3/c13-9-6-4-8(5-7-9)12(16)10(14)2-1-3-11(12)15/h1-7,10H. The number of hydrogen-bond donors (Lipinski definition) is 0. The summed E-state index contributed by atoms with van der Waals surface area (Å²) in [7, 11) is 0. The molecule has 0 aliphatic heterocycles. The van der Waals surface area contributed by atoms with Crippen LogP contribution in [0.2, 0.25) is 0 Å². The molecule has 2 unspecified atom stereocenters. The lowest BCUT2D eigenvalue weighted by atomic mass is 9.87. The first-order chi connectivity index (χ1) is 7.55. The van der Waals surface area contributed by atoms with E-state index in [9.17, 15) is 13.2 Å². The van der Waals surface area contributed by atoms with Gasteiger partial charge in [-0.25, -0.2) is 13.2 Å². The molecule has 2 rings (SSSR count). The molecular weight excluding hydrogens is 281 g/mol. The molecule has 0 fully saturated rings. The first-order valence-electron chi connectivity index (χ1n) is 4.68. The molecular formula is C12H8BrF3. The average Bonchev–Trinajstić information content (AvgIpc) is 2.27. The fourth-order valence-electron chi connectivity index (χ4n) is 1.61. The Kier molecular flexibility index (Phi) is 2.93. The lowest BCUT2D eigenvalue weighted by Crippen LogP contribution is -2.33. The van der Waals surface area contributed by atoms with Gasteiger partial charge in [-0.3, -0.25) is 0 Å². The first-order valence-corrected chi connectivity index (χ1v) is 5.48. The fourth-order valence-corrected chi connectivity index (χ4v) is 1.88. The molecule has 0 nitrogen and oxygen atoms in total. The van der Waals surface area contributed by atoms with E-state index < -0.39 is 17.7 Å². The van der Waals surface area contributed by atoms with E-state index in [1.165, 1.54) is 18.2 Å². The van der Waals surface area contributed by atoms with E-state index in [1.54, 1.807) is 12.1 Å². The zero-order chi connectivity index (χ0) is 11.8. The van der Waals surface area contributed by atoms with Crippen molar-refractivity contribution in [3.63, 3.8) is 0 Å². The molecule has 1 aromatic carbocycles. The van der Waals surface area contributed by atoms with Gasteiger partial charge < -0.3 is 0 Å². The van der Waals surface area contributed by atoms with Crippen LogP contribution >= 0.6 is 15.9 Å². The van der Waals surface area contributed by atoms with Crippen molar-refractivity contribution in [3.05, 3.63) is 58.4 Å². The topological polar surface area (TPSA) is 0 Å². The largest absolute Gasteiger partial charge is 0.238 e. The molecule has 0 amide bonds. The summed E-state index contributed by atoms with van der Waals surface area (Å²) in [5, 5.41) is 0. The highest BCUT2D eigenvalue weighted by Gasteiger charge is 2.46. The molecule has 1 aromatic rings. The summed E-state index contributed by atoms with van der Waals surface area (Å²) in [5.41, 5.74) is -2.73. The summed E-state index contributed by atoms with van der Waals surface area (Å²) in [4.78, 5) is 0. The second kappa shape index (κ2) is 4.09. The van der Waals surface area contributed by atoms with Gasteiger partial charge in [0.2, 0.25) is 5.67 Å². The van der Waals surface area contributed by atoms with Gasteiger partial charge in [0.15, 0.2) is 6.17 Å². The molecule has 0 spiro atoms. The molecule has 84 valence electrons. The number of rotatable bonds is 1. The molecule has 0 heterocycles. The molecule has 4 heteroatoms. The van der Waals surface area contributed by atoms with Gasteiger partial charge in [-0.15, -0.1) is 0 Å². The third kappa shape index (κ3) is 1.71. The Morgan fingerprint density at radius 1 is 1.19 bits per heavy atom. The van der Waals surface area contributed by atoms with Crippen LogP contribution in [-0.2, 0) is 5.67 Å². The van der Waals surface area contributed by atoms with Crippen molar-refractivity contribution in [3.8, 4) is 0 Å². The van der Waals surface area contributed by atoms with Crippen LogP contribution in [0, 0.1) is 0 Å². The van der Waals surface area contributed by atoms with Crippen LogP contribution < -0.4 is 0 Å². The van der Waals surface area contributed by atoms with Crippen LogP contribution in [0.25, 0.3) is 0 Å². The van der Waals surface area contributed by atoms with Crippen molar-refractivity contribution in [2.45, 2.75) is 11.8 Å². The zero-order valence-electron chi connectivity index (χ0n) is 8.13. The molecule has 0 aromatic heterocycles. The van der Waals surface area contributed by atoms with Gasteiger partial charge in [0, 0.05) is 4.47 Å². The maximum absolute atomic E-state index is 14.3. The average molecular weight is 289 g/mol. The maximum atomic E-state index is 14.3. The molecule has 2 atom stereocenters. The highest BCUT2D eigenvalue weighted by Crippen LogP contribution is 2.42. The normalized spacial score (nSPS) is 29.0. The predicted molar refractivity (Wildman–Crippen MR) is 60.2 cm³/mol. The van der Waals surface area contributed by atoms with E-state index in [0.717, 1.165) is 16.6 Å². The van der Waals surface area contributed by atoms with E-state index in [4.69, 9.17) is 0 Å². The second-order valence-corrected chi connectivity index (χ2v) is 4.44. The van der Waals surface area contributed by atoms with Crippen LogP contribution in [0.1, 0.15) is 5.56 Å². The molecule has 16 heavy (non-hydrogen) atoms. The number of halogens is 4. The zero-order valence-corrected chi connectivity index (χ0v) is 9.72. The Morgan fingerprint density at radius 3 is 2.38 bits per heavy atom. The molecule has 0 N–H and O–H groups in total. The summed E-state index contributed by atoms with van der Waals surface area (Å²) in [6, 6.07) is 5.83. The minimum Gasteiger partial charge on any atom is -0.238 e. The molecule has 0 bridgehead atoms. The van der Waals surface area contributed by atoms with Gasteiger partial charge in [0.1, 0.15) is 5.83 Å². The SMILES string of the molecule is FC1=CC=CC(F)C1(F)c1ccc(Br)cc1. The van der Waals surface area contributed by atoms with E-state index in [1.807, 2.05) is 0 Å². The Labute approximate surface area is 99.6 Å². The summed E-state index contributed by atoms with van der Waals surface area (Å²) >= 11 is 3.18. The van der Waals surface area contributed by atoms with Crippen LogP contribution in [-0.4, -0.2) is 6.17 Å². The van der Waals surface area contributed by atoms with Gasteiger partial charge in [-0.1, -0.05) is 34.1 Å². The van der Waals surface area contributed by atoms with Gasteiger partial charge in [0.25, 0.3) is 0 Å². The molecule has 0 saturated heterocycles. The van der Waals surface area contributed by atoms with E-state index >= 15 is 0 Å². The van der Waals surface area contributed by atoms with Gasteiger partial charge in [-0.2, -0.15) is 0 Å². The molecule has 1 aliphatic carbocycles. The molecule has 0 saturated carbocycles. The lowest BCUT2D eigenvalue weighted by molar-refractivity contribution is 0.0856. The Hall–Kier alpha value is -1.03. The van der Waals surface area contributed by atoms with Crippen LogP contribution in [0.3, 0.4) is 0 Å². The summed E-state index contributed by atoms with van der Waals surface area (Å²) < 4.78 is 42.0. The van der Waals surface area contributed by atoms with Gasteiger partial charge in [-0.05, 0) is 29.8 Å². The number of alkyl halides is 2. The molecule has 1 aliphatic rings. The highest BCUT2D eigenvalue weighted by molar-refractivity contribution is 9.10. The van der Waals surface area contributed by atoms with Crippen molar-refractivity contribution in [2.75, 3.05) is 0 Å². The number of hydrogen-bond acceptors (Lipinski definition) is 0. The third-order valence-corrected chi connectivity index (χ3v) is 3.04. The van der Waals surface area contributed by atoms with Crippen molar-refractivity contribution in [1.29, 1.82) is 0 Å². The van der Waals surface area contributed by atoms with Gasteiger partial charge in [0.05, 0.1) is 0 Å². The first kappa shape index (κ1) is 11.5. The minimum absolute atomic E-state index is 0.0266. The van der Waals surface area contributed by atoms with Gasteiger partial charge >= 0.3 is 0 Å². The van der Waals surface area contributed by atoms with Crippen molar-refractivity contribution in [2.24, 2.45) is 0 Å². The maximum Gasteiger partial charge on any atom is 0.221 e. The highest BCUT2D eigenvalue weighted by atomic mass is 79.9. The van der Waals surface area contributed by atoms with Crippen LogP contribution in [0.5, 0.6) is 0 Å². The smallest absolute Gasteiger partial charge is 0.221 e. The summed E-state index contributed by atoms with van der Waals surface area (Å²) in [5.74, 6) is -1.11. The Balaban J connectivity index is 2.49. The lowest BCUT2D eigenvalue weighted by Gasteiger charge is -2.28. The quantitative estimate of drug-likeness (QED) is 0.720. The van der Waals surface area contributed by atoms with Crippen LogP contribution in [0.15, 0.2) is 52.8 Å². The Morgan fingerprint density at radius 2 is 1.81 bits per heavy atom. The van der Waals surface area contributed by atoms with Crippen LogP contribution in [0.4, 0.5) is 13.2 Å². The third-order valence-electron chi connectivity index (χ3n) is 2.51. The fraction of sp³-hybridized carbons (Fsp3) is 0.167.